The van der Waals surface area contributed by atoms with Gasteiger partial charge in [-0.3, -0.25) is 4.79 Å². The van der Waals surface area contributed by atoms with E-state index in [2.05, 4.69) is 5.32 Å². The fraction of sp³-hybridized carbons (Fsp3) is 0.846. The number of carbonyl (C=O) groups is 2. The first-order valence-electron chi connectivity index (χ1n) is 7.03. The molecule has 20 heavy (non-hydrogen) atoms. The molecular weight excluding hydrogens is 264 g/mol. The van der Waals surface area contributed by atoms with E-state index >= 15 is 0 Å². The minimum Gasteiger partial charge on any atom is -0.481 e. The number of carbonyl (C=O) groups excluding carboxylic acids is 1. The van der Waals surface area contributed by atoms with Gasteiger partial charge in [-0.25, -0.2) is 4.79 Å². The summed E-state index contributed by atoms with van der Waals surface area (Å²) in [6.07, 6.45) is 1.46. The zero-order valence-electron chi connectivity index (χ0n) is 11.6. The van der Waals surface area contributed by atoms with E-state index in [1.54, 1.807) is 4.90 Å². The molecule has 0 aromatic carbocycles. The number of aliphatic hydroxyl groups is 1. The van der Waals surface area contributed by atoms with Gasteiger partial charge in [0.05, 0.1) is 37.8 Å². The van der Waals surface area contributed by atoms with Crippen LogP contribution in [0, 0.1) is 5.92 Å². The van der Waals surface area contributed by atoms with Gasteiger partial charge in [-0.05, 0) is 26.2 Å². The van der Waals surface area contributed by atoms with Crippen LogP contribution in [0.3, 0.4) is 0 Å². The minimum absolute atomic E-state index is 0.0468. The number of aliphatic carboxylic acids is 1. The first-order chi connectivity index (χ1) is 9.51. The Morgan fingerprint density at radius 3 is 2.75 bits per heavy atom. The Morgan fingerprint density at radius 1 is 1.40 bits per heavy atom. The summed E-state index contributed by atoms with van der Waals surface area (Å²) in [5.41, 5.74) is 0. The molecule has 1 heterocycles. The summed E-state index contributed by atoms with van der Waals surface area (Å²) >= 11 is 0. The largest absolute Gasteiger partial charge is 0.481 e. The quantitative estimate of drug-likeness (QED) is 0.680. The van der Waals surface area contributed by atoms with Gasteiger partial charge in [0.15, 0.2) is 0 Å². The van der Waals surface area contributed by atoms with E-state index in [0.29, 0.717) is 32.4 Å². The van der Waals surface area contributed by atoms with Crippen LogP contribution in [0.1, 0.15) is 26.2 Å². The Balaban J connectivity index is 1.86. The number of morpholine rings is 1. The van der Waals surface area contributed by atoms with Crippen molar-refractivity contribution in [3.8, 4) is 0 Å². The summed E-state index contributed by atoms with van der Waals surface area (Å²) in [4.78, 5) is 24.8. The number of nitrogens with zero attached hydrogens (tertiary/aromatic N) is 1. The molecule has 2 fully saturated rings. The molecule has 0 bridgehead atoms. The molecule has 4 unspecified atom stereocenters. The molecule has 0 aromatic rings. The van der Waals surface area contributed by atoms with Crippen molar-refractivity contribution < 1.29 is 24.5 Å². The molecule has 1 saturated carbocycles. The lowest BCUT2D eigenvalue weighted by Crippen LogP contribution is -2.56. The van der Waals surface area contributed by atoms with Crippen molar-refractivity contribution >= 4 is 12.0 Å². The van der Waals surface area contributed by atoms with Crippen LogP contribution < -0.4 is 5.32 Å². The number of nitrogens with one attached hydrogen (secondary N) is 1. The van der Waals surface area contributed by atoms with Crippen LogP contribution in [-0.4, -0.2) is 65.1 Å². The van der Waals surface area contributed by atoms with E-state index in [9.17, 15) is 9.59 Å². The summed E-state index contributed by atoms with van der Waals surface area (Å²) < 4.78 is 5.39. The molecule has 7 nitrogen and oxygen atoms in total. The summed E-state index contributed by atoms with van der Waals surface area (Å²) in [7, 11) is 0. The van der Waals surface area contributed by atoms with Gasteiger partial charge in [0.2, 0.25) is 0 Å². The Labute approximate surface area is 117 Å². The van der Waals surface area contributed by atoms with Crippen molar-refractivity contribution in [1.29, 1.82) is 0 Å². The van der Waals surface area contributed by atoms with Crippen molar-refractivity contribution in [3.63, 3.8) is 0 Å². The second-order valence-electron chi connectivity index (χ2n) is 5.63. The van der Waals surface area contributed by atoms with Crippen molar-refractivity contribution in [2.75, 3.05) is 19.8 Å². The van der Waals surface area contributed by atoms with Gasteiger partial charge < -0.3 is 25.2 Å². The number of rotatable bonds is 3. The number of carboxylic acids is 1. The van der Waals surface area contributed by atoms with Crippen LogP contribution in [-0.2, 0) is 9.53 Å². The average molecular weight is 286 g/mol. The number of hydrogen-bond donors (Lipinski definition) is 3. The van der Waals surface area contributed by atoms with Crippen LogP contribution >= 0.6 is 0 Å². The highest BCUT2D eigenvalue weighted by Crippen LogP contribution is 2.26. The number of hydrogen-bond acceptors (Lipinski definition) is 4. The van der Waals surface area contributed by atoms with E-state index in [1.165, 1.54) is 0 Å². The molecule has 4 atom stereocenters. The monoisotopic (exact) mass is 286 g/mol. The Kier molecular flexibility index (Phi) is 4.82. The SMILES string of the molecule is CC1COC(CO)CN1C(=O)NC1CCC(C(=O)O)C1. The van der Waals surface area contributed by atoms with Crippen molar-refractivity contribution in [1.82, 2.24) is 10.2 Å². The summed E-state index contributed by atoms with van der Waals surface area (Å²) in [5, 5.41) is 21.0. The van der Waals surface area contributed by atoms with E-state index in [4.69, 9.17) is 14.9 Å². The normalized spacial score (nSPS) is 34.0. The molecule has 0 radical (unpaired) electrons. The first kappa shape index (κ1) is 15.1. The van der Waals surface area contributed by atoms with Crippen LogP contribution in [0.2, 0.25) is 0 Å². The topological polar surface area (TPSA) is 99.1 Å². The number of aliphatic hydroxyl groups excluding tert-OH is 1. The summed E-state index contributed by atoms with van der Waals surface area (Å²) in [6, 6.07) is -0.323. The second-order valence-corrected chi connectivity index (χ2v) is 5.63. The number of amides is 2. The zero-order chi connectivity index (χ0) is 14.7. The number of carboxylic acid groups (broad SMARTS) is 1. The third-order valence-corrected chi connectivity index (χ3v) is 4.08. The maximum Gasteiger partial charge on any atom is 0.318 e. The number of urea groups is 1. The Hall–Kier alpha value is -1.34. The predicted octanol–water partition coefficient (Wildman–Crippen LogP) is 0.0309. The highest BCUT2D eigenvalue weighted by atomic mass is 16.5. The molecule has 0 spiro atoms. The lowest BCUT2D eigenvalue weighted by atomic mass is 10.1. The Morgan fingerprint density at radius 2 is 2.15 bits per heavy atom. The molecule has 7 heteroatoms. The van der Waals surface area contributed by atoms with Gasteiger partial charge in [-0.15, -0.1) is 0 Å². The maximum atomic E-state index is 12.2. The lowest BCUT2D eigenvalue weighted by molar-refractivity contribution is -0.141. The van der Waals surface area contributed by atoms with Gasteiger partial charge in [-0.1, -0.05) is 0 Å². The van der Waals surface area contributed by atoms with E-state index in [0.717, 1.165) is 0 Å². The van der Waals surface area contributed by atoms with E-state index < -0.39 is 5.97 Å². The van der Waals surface area contributed by atoms with Crippen molar-refractivity contribution in [2.24, 2.45) is 5.92 Å². The molecule has 1 aliphatic carbocycles. The third kappa shape index (κ3) is 3.40. The van der Waals surface area contributed by atoms with Gasteiger partial charge in [-0.2, -0.15) is 0 Å². The van der Waals surface area contributed by atoms with Crippen LogP contribution in [0.15, 0.2) is 0 Å². The van der Waals surface area contributed by atoms with E-state index in [-0.39, 0.29) is 36.7 Å². The molecule has 2 aliphatic rings. The second kappa shape index (κ2) is 6.41. The molecule has 2 rings (SSSR count). The third-order valence-electron chi connectivity index (χ3n) is 4.08. The fourth-order valence-corrected chi connectivity index (χ4v) is 2.81. The van der Waals surface area contributed by atoms with E-state index in [1.807, 2.05) is 6.92 Å². The summed E-state index contributed by atoms with van der Waals surface area (Å²) in [6.45, 7) is 2.54. The van der Waals surface area contributed by atoms with Gasteiger partial charge in [0, 0.05) is 6.04 Å². The van der Waals surface area contributed by atoms with Crippen LogP contribution in [0.5, 0.6) is 0 Å². The van der Waals surface area contributed by atoms with Crippen molar-refractivity contribution in [3.05, 3.63) is 0 Å². The fourth-order valence-electron chi connectivity index (χ4n) is 2.81. The lowest BCUT2D eigenvalue weighted by Gasteiger charge is -2.37. The maximum absolute atomic E-state index is 12.2. The molecule has 3 N–H and O–H groups in total. The van der Waals surface area contributed by atoms with Crippen molar-refractivity contribution in [2.45, 2.75) is 44.4 Å². The highest BCUT2D eigenvalue weighted by molar-refractivity contribution is 5.75. The van der Waals surface area contributed by atoms with Crippen LogP contribution in [0.25, 0.3) is 0 Å². The molecule has 2 amide bonds. The molecule has 1 saturated heterocycles. The highest BCUT2D eigenvalue weighted by Gasteiger charge is 2.34. The Bertz CT molecular complexity index is 376. The minimum atomic E-state index is -0.790. The zero-order valence-corrected chi connectivity index (χ0v) is 11.6. The number of ether oxygens (including phenoxy) is 1. The van der Waals surface area contributed by atoms with Gasteiger partial charge in [0.1, 0.15) is 0 Å². The molecule has 114 valence electrons. The van der Waals surface area contributed by atoms with Gasteiger partial charge >= 0.3 is 12.0 Å². The standard InChI is InChI=1S/C13H22N2O5/c1-8-7-20-11(6-16)5-15(8)13(19)14-10-3-2-9(4-10)12(17)18/h8-11,16H,2-7H2,1H3,(H,14,19)(H,17,18). The average Bonchev–Trinajstić information content (AvgIpc) is 2.88. The van der Waals surface area contributed by atoms with Crippen LogP contribution in [0.4, 0.5) is 4.79 Å². The van der Waals surface area contributed by atoms with Gasteiger partial charge in [0.25, 0.3) is 0 Å². The molecular formula is C13H22N2O5. The molecule has 0 aromatic heterocycles. The predicted molar refractivity (Wildman–Crippen MR) is 70.3 cm³/mol. The smallest absolute Gasteiger partial charge is 0.318 e. The molecule has 1 aliphatic heterocycles. The summed E-state index contributed by atoms with van der Waals surface area (Å²) in [5.74, 6) is -1.14. The first-order valence-corrected chi connectivity index (χ1v) is 7.03.